The van der Waals surface area contributed by atoms with Crippen LogP contribution in [0.1, 0.15) is 24.1 Å². The summed E-state index contributed by atoms with van der Waals surface area (Å²) >= 11 is 6.25. The number of benzene rings is 2. The maximum atomic E-state index is 13.8. The Morgan fingerprint density at radius 3 is 2.69 bits per heavy atom. The van der Waals surface area contributed by atoms with Crippen LogP contribution in [0.4, 0.5) is 0 Å². The zero-order chi connectivity index (χ0) is 24.5. The minimum absolute atomic E-state index is 0.145. The average Bonchev–Trinajstić information content (AvgIpc) is 3.33. The summed E-state index contributed by atoms with van der Waals surface area (Å²) in [6.45, 7) is 3.00. The van der Waals surface area contributed by atoms with Crippen LogP contribution in [0.2, 0.25) is 5.02 Å². The van der Waals surface area contributed by atoms with Crippen molar-refractivity contribution >= 4 is 33.5 Å². The highest BCUT2D eigenvalue weighted by Crippen LogP contribution is 2.27. The zero-order valence-corrected chi connectivity index (χ0v) is 20.3. The SMILES string of the molecule is COc1ccc(-n2c(=O)n(Cc3cc4cc(Cl)ccc4n3CCCC#N)c3cnccc32)c(C)c1. The number of hydrogen-bond acceptors (Lipinski definition) is 4. The maximum Gasteiger partial charge on any atom is 0.334 e. The summed E-state index contributed by atoms with van der Waals surface area (Å²) in [6.07, 6.45) is 4.61. The molecule has 0 aliphatic rings. The number of aryl methyl sites for hydroxylation is 2. The predicted octanol–water partition coefficient (Wildman–Crippen LogP) is 5.46. The van der Waals surface area contributed by atoms with Gasteiger partial charge in [0.15, 0.2) is 0 Å². The summed E-state index contributed by atoms with van der Waals surface area (Å²) in [5.41, 5.74) is 5.12. The highest BCUT2D eigenvalue weighted by Gasteiger charge is 2.19. The molecule has 3 aromatic heterocycles. The van der Waals surface area contributed by atoms with Gasteiger partial charge in [-0.2, -0.15) is 5.26 Å². The Kier molecular flexibility index (Phi) is 6.06. The van der Waals surface area contributed by atoms with E-state index in [1.807, 2.05) is 49.4 Å². The fraction of sp³-hybridized carbons (Fsp3) is 0.222. The lowest BCUT2D eigenvalue weighted by atomic mass is 10.2. The van der Waals surface area contributed by atoms with Gasteiger partial charge in [0.1, 0.15) is 5.75 Å². The Balaban J connectivity index is 1.67. The van der Waals surface area contributed by atoms with Crippen molar-refractivity contribution in [1.82, 2.24) is 18.7 Å². The number of pyridine rings is 1. The molecule has 0 unspecified atom stereocenters. The van der Waals surface area contributed by atoms with Crippen LogP contribution >= 0.6 is 11.6 Å². The second-order valence-corrected chi connectivity index (χ2v) is 8.91. The van der Waals surface area contributed by atoms with Crippen molar-refractivity contribution in [3.8, 4) is 17.5 Å². The van der Waals surface area contributed by atoms with Gasteiger partial charge in [0.05, 0.1) is 42.6 Å². The first kappa shape index (κ1) is 22.8. The van der Waals surface area contributed by atoms with Crippen molar-refractivity contribution in [2.24, 2.45) is 0 Å². The van der Waals surface area contributed by atoms with Crippen LogP contribution in [-0.2, 0) is 13.1 Å². The van der Waals surface area contributed by atoms with Gasteiger partial charge in [-0.1, -0.05) is 11.6 Å². The Morgan fingerprint density at radius 2 is 1.91 bits per heavy atom. The smallest absolute Gasteiger partial charge is 0.334 e. The van der Waals surface area contributed by atoms with Crippen molar-refractivity contribution in [2.75, 3.05) is 7.11 Å². The lowest BCUT2D eigenvalue weighted by molar-refractivity contribution is 0.414. The van der Waals surface area contributed by atoms with Gasteiger partial charge in [-0.25, -0.2) is 4.79 Å². The molecule has 8 heteroatoms. The van der Waals surface area contributed by atoms with Crippen molar-refractivity contribution < 1.29 is 4.74 Å². The molecule has 0 radical (unpaired) electrons. The molecule has 0 bridgehead atoms. The van der Waals surface area contributed by atoms with E-state index in [1.165, 1.54) is 0 Å². The summed E-state index contributed by atoms with van der Waals surface area (Å²) in [5, 5.41) is 10.7. The van der Waals surface area contributed by atoms with E-state index in [0.717, 1.165) is 51.1 Å². The van der Waals surface area contributed by atoms with E-state index in [1.54, 1.807) is 28.6 Å². The minimum Gasteiger partial charge on any atom is -0.497 e. The Labute approximate surface area is 207 Å². The van der Waals surface area contributed by atoms with Crippen molar-refractivity contribution in [3.63, 3.8) is 0 Å². The standard InChI is InChI=1S/C27H24ClN5O2/c1-18-13-22(35-2)6-8-23(18)33-25-9-11-30-16-26(25)32(27(33)34)17-21-15-19-14-20(28)5-7-24(19)31(21)12-4-3-10-29/h5-9,11,13-16H,3-4,12,17H2,1-2H3. The second-order valence-electron chi connectivity index (χ2n) is 8.47. The number of imidazole rings is 1. The lowest BCUT2D eigenvalue weighted by Crippen LogP contribution is -2.25. The summed E-state index contributed by atoms with van der Waals surface area (Å²) in [5.74, 6) is 0.741. The molecule has 3 heterocycles. The second kappa shape index (κ2) is 9.32. The van der Waals surface area contributed by atoms with Gasteiger partial charge in [0.25, 0.3) is 0 Å². The van der Waals surface area contributed by atoms with E-state index in [2.05, 4.69) is 21.7 Å². The summed E-state index contributed by atoms with van der Waals surface area (Å²) in [7, 11) is 1.63. The van der Waals surface area contributed by atoms with E-state index in [4.69, 9.17) is 21.6 Å². The summed E-state index contributed by atoms with van der Waals surface area (Å²) < 4.78 is 11.0. The van der Waals surface area contributed by atoms with Crippen molar-refractivity contribution in [2.45, 2.75) is 32.9 Å². The molecular formula is C27H24ClN5O2. The Morgan fingerprint density at radius 1 is 1.06 bits per heavy atom. The molecule has 2 aromatic carbocycles. The normalized spacial score (nSPS) is 11.3. The number of nitrogens with zero attached hydrogens (tertiary/aromatic N) is 5. The monoisotopic (exact) mass is 485 g/mol. The third-order valence-corrected chi connectivity index (χ3v) is 6.55. The molecule has 7 nitrogen and oxygen atoms in total. The van der Waals surface area contributed by atoms with E-state index in [9.17, 15) is 4.79 Å². The molecule has 0 aliphatic heterocycles. The van der Waals surface area contributed by atoms with Gasteiger partial charge in [-0.05, 0) is 67.4 Å². The molecular weight excluding hydrogens is 462 g/mol. The Hall–Kier alpha value is -4.02. The first-order valence-corrected chi connectivity index (χ1v) is 11.7. The molecule has 5 aromatic rings. The van der Waals surface area contributed by atoms with Gasteiger partial charge in [0, 0.05) is 40.8 Å². The van der Waals surface area contributed by atoms with Crippen LogP contribution < -0.4 is 10.4 Å². The number of ether oxygens (including phenoxy) is 1. The molecule has 0 fully saturated rings. The molecule has 176 valence electrons. The van der Waals surface area contributed by atoms with E-state index in [-0.39, 0.29) is 5.69 Å². The third kappa shape index (κ3) is 4.07. The number of unbranched alkanes of at least 4 members (excludes halogenated alkanes) is 1. The van der Waals surface area contributed by atoms with Crippen LogP contribution in [-0.4, -0.2) is 25.8 Å². The maximum absolute atomic E-state index is 13.8. The molecule has 0 saturated carbocycles. The Bertz CT molecular complexity index is 1650. The van der Waals surface area contributed by atoms with Gasteiger partial charge >= 0.3 is 5.69 Å². The lowest BCUT2D eigenvalue weighted by Gasteiger charge is -2.11. The highest BCUT2D eigenvalue weighted by molar-refractivity contribution is 6.31. The zero-order valence-electron chi connectivity index (χ0n) is 19.5. The number of fused-ring (bicyclic) bond motifs is 2. The van der Waals surface area contributed by atoms with Crippen LogP contribution in [0, 0.1) is 18.3 Å². The average molecular weight is 486 g/mol. The number of rotatable bonds is 7. The number of aromatic nitrogens is 4. The fourth-order valence-corrected chi connectivity index (χ4v) is 4.85. The topological polar surface area (TPSA) is 77.8 Å². The number of hydrogen-bond donors (Lipinski definition) is 0. The first-order valence-electron chi connectivity index (χ1n) is 11.4. The van der Waals surface area contributed by atoms with Gasteiger partial charge in [-0.3, -0.25) is 14.1 Å². The molecule has 35 heavy (non-hydrogen) atoms. The van der Waals surface area contributed by atoms with E-state index < -0.39 is 0 Å². The fourth-order valence-electron chi connectivity index (χ4n) is 4.67. The van der Waals surface area contributed by atoms with Gasteiger partial charge in [-0.15, -0.1) is 0 Å². The van der Waals surface area contributed by atoms with E-state index in [0.29, 0.717) is 24.5 Å². The van der Waals surface area contributed by atoms with Crippen LogP contribution in [0.25, 0.3) is 27.6 Å². The molecule has 5 rings (SSSR count). The van der Waals surface area contributed by atoms with Crippen LogP contribution in [0.3, 0.4) is 0 Å². The molecule has 0 N–H and O–H groups in total. The summed E-state index contributed by atoms with van der Waals surface area (Å²) in [6, 6.07) is 17.6. The minimum atomic E-state index is -0.145. The first-order chi connectivity index (χ1) is 17.0. The van der Waals surface area contributed by atoms with Crippen molar-refractivity contribution in [1.29, 1.82) is 5.26 Å². The van der Waals surface area contributed by atoms with Crippen LogP contribution in [0.15, 0.2) is 65.7 Å². The molecule has 0 atom stereocenters. The molecule has 0 saturated heterocycles. The largest absolute Gasteiger partial charge is 0.497 e. The van der Waals surface area contributed by atoms with Gasteiger partial charge in [0.2, 0.25) is 0 Å². The molecule has 0 amide bonds. The van der Waals surface area contributed by atoms with E-state index >= 15 is 0 Å². The number of methoxy groups -OCH3 is 1. The molecule has 0 aliphatic carbocycles. The predicted molar refractivity (Wildman–Crippen MR) is 138 cm³/mol. The van der Waals surface area contributed by atoms with Crippen LogP contribution in [0.5, 0.6) is 5.75 Å². The van der Waals surface area contributed by atoms with Crippen molar-refractivity contribution in [3.05, 3.63) is 87.7 Å². The number of halogens is 1. The van der Waals surface area contributed by atoms with Gasteiger partial charge < -0.3 is 9.30 Å². The molecule has 0 spiro atoms. The number of nitriles is 1. The third-order valence-electron chi connectivity index (χ3n) is 6.32. The highest BCUT2D eigenvalue weighted by atomic mass is 35.5. The quantitative estimate of drug-likeness (QED) is 0.286. The summed E-state index contributed by atoms with van der Waals surface area (Å²) in [4.78, 5) is 18.1.